The predicted molar refractivity (Wildman–Crippen MR) is 455 cm³/mol. The number of urea groups is 1. The summed E-state index contributed by atoms with van der Waals surface area (Å²) < 4.78 is 29.5. The Labute approximate surface area is 710 Å². The van der Waals surface area contributed by atoms with Gasteiger partial charge in [0.25, 0.3) is 0 Å². The summed E-state index contributed by atoms with van der Waals surface area (Å²) in [6.07, 6.45) is 53.9. The molecule has 25 aliphatic rings. The molecule has 25 rings (SSSR count). The highest BCUT2D eigenvalue weighted by Gasteiger charge is 2.70. The van der Waals surface area contributed by atoms with Gasteiger partial charge in [0.05, 0.1) is 42.3 Å². The molecule has 8 saturated carbocycles. The van der Waals surface area contributed by atoms with Gasteiger partial charge in [0.1, 0.15) is 5.78 Å². The van der Waals surface area contributed by atoms with Crippen LogP contribution < -0.4 is 32.3 Å². The van der Waals surface area contributed by atoms with Gasteiger partial charge in [-0.15, -0.1) is 0 Å². The third-order valence-electron chi connectivity index (χ3n) is 33.8. The fraction of sp³-hybridized carbons (Fsp3) is 0.815. The monoisotopic (exact) mass is 1680 g/mol. The first-order valence-electron chi connectivity index (χ1n) is 47.4. The van der Waals surface area contributed by atoms with E-state index in [-0.39, 0.29) is 76.0 Å². The van der Waals surface area contributed by atoms with Gasteiger partial charge in [0.2, 0.25) is 0 Å². The summed E-state index contributed by atoms with van der Waals surface area (Å²) >= 11 is 5.94. The third-order valence-corrected chi connectivity index (χ3v) is 38.1. The van der Waals surface area contributed by atoms with Crippen molar-refractivity contribution in [1.29, 1.82) is 0 Å². The molecule has 4 unspecified atom stereocenters. The van der Waals surface area contributed by atoms with Gasteiger partial charge in [-0.05, 0) is 233 Å². The molecule has 2 amide bonds. The lowest BCUT2D eigenvalue weighted by molar-refractivity contribution is -0.149. The molecule has 23 atom stereocenters. The Morgan fingerprint density at radius 2 is 0.822 bits per heavy atom. The minimum absolute atomic E-state index is 0.0311. The van der Waals surface area contributed by atoms with Gasteiger partial charge < -0.3 is 56.0 Å². The van der Waals surface area contributed by atoms with Crippen molar-refractivity contribution in [3.63, 3.8) is 0 Å². The molecular formula is C92H131N11O12S3. The number of rotatable bonds is 20. The number of thioether (sulfide) groups is 3. The average Bonchev–Trinajstić information content (AvgIpc) is 1.57. The Morgan fingerprint density at radius 3 is 1.25 bits per heavy atom. The molecule has 5 spiro atoms. The Balaban J connectivity index is 0.0000000935. The smallest absolute Gasteiger partial charge is 0.331 e. The molecule has 0 aromatic carbocycles. The van der Waals surface area contributed by atoms with Crippen molar-refractivity contribution in [2.45, 2.75) is 397 Å². The van der Waals surface area contributed by atoms with Gasteiger partial charge >= 0.3 is 35.9 Å². The number of esters is 5. The second-order valence-corrected chi connectivity index (χ2v) is 44.4. The van der Waals surface area contributed by atoms with Gasteiger partial charge in [-0.25, -0.2) is 28.8 Å². The molecule has 8 aliphatic carbocycles. The number of unbranched alkanes of at least 4 members (excludes halogenated alkanes) is 1. The number of carbonyl (C=O) groups is 7. The van der Waals surface area contributed by atoms with E-state index in [0.29, 0.717) is 119 Å². The zero-order valence-electron chi connectivity index (χ0n) is 69.6. The summed E-state index contributed by atoms with van der Waals surface area (Å²) in [6.45, 7) is 7.74. The van der Waals surface area contributed by atoms with E-state index < -0.39 is 0 Å². The molecule has 7 N–H and O–H groups in total. The molecule has 0 aromatic rings. The Hall–Kier alpha value is -4.32. The Morgan fingerprint density at radius 1 is 0.441 bits per heavy atom. The number of nitrogens with zero attached hydrogens (tertiary/aromatic N) is 5. The van der Waals surface area contributed by atoms with Crippen LogP contribution in [0.1, 0.15) is 250 Å². The van der Waals surface area contributed by atoms with Crippen molar-refractivity contribution in [2.75, 3.05) is 63.1 Å². The summed E-state index contributed by atoms with van der Waals surface area (Å²) in [6, 6.07) is 8.41. The van der Waals surface area contributed by atoms with E-state index in [1.807, 2.05) is 41.4 Å². The van der Waals surface area contributed by atoms with Gasteiger partial charge in [-0.3, -0.25) is 29.3 Å². The fourth-order valence-electron chi connectivity index (χ4n) is 28.5. The van der Waals surface area contributed by atoms with Crippen molar-refractivity contribution in [3.8, 4) is 0 Å². The van der Waals surface area contributed by atoms with Crippen LogP contribution in [0.25, 0.3) is 0 Å². The number of ether oxygens (including phenoxy) is 5. The van der Waals surface area contributed by atoms with Crippen molar-refractivity contribution in [1.82, 2.24) is 51.1 Å². The summed E-state index contributed by atoms with van der Waals surface area (Å²) in [7, 11) is 0. The summed E-state index contributed by atoms with van der Waals surface area (Å²) in [5.41, 5.74) is 10.7. The summed E-state index contributed by atoms with van der Waals surface area (Å²) in [5, 5.41) is 19.2. The highest BCUT2D eigenvalue weighted by molar-refractivity contribution is 8.00. The molecule has 118 heavy (non-hydrogen) atoms. The quantitative estimate of drug-likeness (QED) is 0.0286. The maximum Gasteiger partial charge on any atom is 0.331 e. The van der Waals surface area contributed by atoms with E-state index in [0.717, 1.165) is 145 Å². The highest BCUT2D eigenvalue weighted by atomic mass is 32.2. The number of ketones is 1. The van der Waals surface area contributed by atoms with Crippen molar-refractivity contribution < 1.29 is 57.2 Å². The maximum atomic E-state index is 12.5. The maximum absolute atomic E-state index is 12.5. The number of nitrogens with one attached hydrogen (secondary N) is 5. The third kappa shape index (κ3) is 14.6. The lowest BCUT2D eigenvalue weighted by atomic mass is 9.75. The molecule has 12 saturated heterocycles. The van der Waals surface area contributed by atoms with Crippen LogP contribution in [0.3, 0.4) is 0 Å². The predicted octanol–water partition coefficient (Wildman–Crippen LogP) is 9.82. The van der Waals surface area contributed by atoms with Crippen LogP contribution in [0, 0.1) is 5.92 Å². The van der Waals surface area contributed by atoms with E-state index in [1.165, 1.54) is 195 Å². The number of fused-ring (bicyclic) bond motifs is 16. The topological polar surface area (TPSA) is 268 Å². The molecule has 0 radical (unpaired) electrons. The lowest BCUT2D eigenvalue weighted by Gasteiger charge is -2.38. The van der Waals surface area contributed by atoms with E-state index in [9.17, 15) is 33.6 Å². The number of nitrogens with two attached hydrogens (primary N) is 1. The SMILES string of the molecule is NCCSC1CC2=CC(=O)O[C@@]23C[C@@H]1N1CCCC[C@@H]13.O=C(CCCC[C@@H]1SC[C@@H]2NC(=O)N[C@@H]21)CCCS[C@H]1CC2=CC(=O)O[C@@]23C[C@@H]1N1CCCC[C@@H]13.O=C1C=C2CC(NC3CC3)[C@@H]3C[C@@]2(O1)[C@H]1CCCCN31.O=C1C=C2CC(NC3CCCC3)[C@@H]3C[C@@]2(O1)[C@H]1CCCCN31.O=C1C=C2CC(NCC3CC3)[C@@H]3C[C@@]2(O1)[C@H]1CCCCN31. The van der Waals surface area contributed by atoms with Crippen molar-refractivity contribution >= 4 is 76.9 Å². The van der Waals surface area contributed by atoms with Gasteiger partial charge in [0, 0.05) is 170 Å². The molecule has 17 heterocycles. The molecular weight excluding hydrogens is 1550 g/mol. The molecule has 10 bridgehead atoms. The number of hydrogen-bond acceptors (Lipinski definition) is 24. The zero-order chi connectivity index (χ0) is 79.8. The first kappa shape index (κ1) is 80.8. The Bertz CT molecular complexity index is 4070. The second-order valence-electron chi connectivity index (χ2n) is 40.4. The average molecular weight is 1680 g/mol. The molecule has 20 fully saturated rings. The minimum Gasteiger partial charge on any atom is -0.450 e. The number of amides is 2. The van der Waals surface area contributed by atoms with Crippen LogP contribution in [0.4, 0.5) is 4.79 Å². The van der Waals surface area contributed by atoms with Crippen LogP contribution in [0.2, 0.25) is 0 Å². The molecule has 23 nitrogen and oxygen atoms in total. The highest BCUT2D eigenvalue weighted by Crippen LogP contribution is 2.61. The summed E-state index contributed by atoms with van der Waals surface area (Å²) in [4.78, 5) is 97.1. The van der Waals surface area contributed by atoms with Crippen LogP contribution in [-0.2, 0) is 52.5 Å². The number of carbonyl (C=O) groups excluding carboxylic acids is 7. The van der Waals surface area contributed by atoms with Crippen LogP contribution >= 0.6 is 35.3 Å². The van der Waals surface area contributed by atoms with Crippen LogP contribution in [-0.4, -0.2) is 276 Å². The molecule has 26 heteroatoms. The van der Waals surface area contributed by atoms with E-state index in [4.69, 9.17) is 29.4 Å². The van der Waals surface area contributed by atoms with Gasteiger partial charge in [-0.1, -0.05) is 51.4 Å². The second kappa shape index (κ2) is 32.9. The van der Waals surface area contributed by atoms with Gasteiger partial charge in [-0.2, -0.15) is 35.3 Å². The van der Waals surface area contributed by atoms with Gasteiger partial charge in [0.15, 0.2) is 28.0 Å². The first-order chi connectivity index (χ1) is 57.6. The van der Waals surface area contributed by atoms with E-state index >= 15 is 0 Å². The minimum atomic E-state index is -0.326. The standard InChI is InChI=1S/C26H37N3O4S2.C18H26N2O2.C17H24N2O2.C16H22N2O2.C15H22N2O2S/c30-17(6-1-2-8-20-24-18(15-35-20)27-25(32)28-24)7-5-11-34-21-12-16-13-23(31)33-26(16)14-19(21)29-10-4-3-9-22(26)29;21-17-10-12-9-14(19-13-5-1-2-6-13)15-11-18(12,22-17)16-7-3-4-8-20(15)16;20-16-8-12-7-13(18-10-11-4-5-11)14-9-17(12,21-16)15-3-1-2-6-19(14)15;19-15-8-10-7-12(17-11-4-5-11)13-9-16(10,20-15)14-3-1-2-6-18(13)14;16-4-6-20-12-7-10-8-14(18)19-15(10)9-11(12)17-5-2-1-3-13(15)17/h13,18-22,24H,1-12,14-15H2,(H2,27,28,32);10,13-16,19H,1-9,11H2;8,11,13-15,18H,1-7,9-10H2;8,11-14,17H,1-7,9H2;8,11-13H,1-7,9,16H2/t18-,19-,20-,21-,22+,24-,26-;14?,15-,16+,18-;13?,14-,15+,17-;12?,13-,14+,16-;11-,12?,13+,15-/m00000/s1. The van der Waals surface area contributed by atoms with E-state index in [2.05, 4.69) is 51.1 Å². The number of piperidine rings is 5. The van der Waals surface area contributed by atoms with Crippen LogP contribution in [0.5, 0.6) is 0 Å². The molecule has 644 valence electrons. The number of Topliss-reactive ketones (excluding diaryl/α,β-unsaturated/α-hetero) is 1. The fourth-order valence-corrected chi connectivity index (χ4v) is 32.6. The lowest BCUT2D eigenvalue weighted by Crippen LogP contribution is -2.52. The van der Waals surface area contributed by atoms with Crippen molar-refractivity contribution in [2.24, 2.45) is 11.7 Å². The van der Waals surface area contributed by atoms with Crippen molar-refractivity contribution in [3.05, 3.63) is 58.2 Å². The largest absolute Gasteiger partial charge is 0.450 e. The van der Waals surface area contributed by atoms with Crippen LogP contribution in [0.15, 0.2) is 58.2 Å². The first-order valence-corrected chi connectivity index (χ1v) is 50.6. The molecule has 17 aliphatic heterocycles. The zero-order valence-corrected chi connectivity index (χ0v) is 72.0. The molecule has 0 aromatic heterocycles. The summed E-state index contributed by atoms with van der Waals surface area (Å²) in [5.74, 6) is 3.76. The van der Waals surface area contributed by atoms with E-state index in [1.54, 1.807) is 24.3 Å². The number of hydrogen-bond donors (Lipinski definition) is 6. The normalized spacial score (nSPS) is 43.2. The Kier molecular flexibility index (Phi) is 22.5.